The largest absolute Gasteiger partial charge is 0.497 e. The summed E-state index contributed by atoms with van der Waals surface area (Å²) in [6, 6.07) is 13.2. The average molecular weight is 581 g/mol. The van der Waals surface area contributed by atoms with Crippen molar-refractivity contribution >= 4 is 43.5 Å². The number of carbonyl (C=O) groups is 2. The fourth-order valence-corrected chi connectivity index (χ4v) is 5.41. The van der Waals surface area contributed by atoms with E-state index >= 15 is 0 Å². The van der Waals surface area contributed by atoms with Crippen molar-refractivity contribution in [1.82, 2.24) is 10.2 Å². The molecular formula is C26H34BrN3O5S. The zero-order valence-electron chi connectivity index (χ0n) is 20.9. The number of sulfonamides is 1. The number of rotatable bonds is 10. The Bertz CT molecular complexity index is 1130. The van der Waals surface area contributed by atoms with Crippen molar-refractivity contribution in [2.75, 3.05) is 24.2 Å². The standard InChI is InChI=1S/C26H34BrN3O5S/c1-19(26(32)28-22-7-5-4-6-8-22)29(17-20-9-11-21(27)12-10-20)25(31)18-30(36(3,33)34)23-13-15-24(35-2)16-14-23/h9-16,19,22H,4-8,17-18H2,1-3H3,(H,28,32)/t19-/m0/s1. The molecule has 0 heterocycles. The molecule has 1 saturated carbocycles. The highest BCUT2D eigenvalue weighted by Crippen LogP contribution is 2.23. The molecule has 2 aromatic rings. The van der Waals surface area contributed by atoms with Gasteiger partial charge in [-0.15, -0.1) is 0 Å². The van der Waals surface area contributed by atoms with Crippen LogP contribution in [-0.4, -0.2) is 57.1 Å². The summed E-state index contributed by atoms with van der Waals surface area (Å²) in [6.45, 7) is 1.43. The maximum absolute atomic E-state index is 13.6. The van der Waals surface area contributed by atoms with E-state index in [1.807, 2.05) is 24.3 Å². The number of halogens is 1. The molecule has 196 valence electrons. The van der Waals surface area contributed by atoms with Gasteiger partial charge in [0.2, 0.25) is 21.8 Å². The molecule has 3 rings (SSSR count). The summed E-state index contributed by atoms with van der Waals surface area (Å²) in [5, 5.41) is 3.09. The van der Waals surface area contributed by atoms with Gasteiger partial charge in [0.1, 0.15) is 18.3 Å². The highest BCUT2D eigenvalue weighted by molar-refractivity contribution is 9.10. The first-order valence-electron chi connectivity index (χ1n) is 12.0. The Labute approximate surface area is 222 Å². The van der Waals surface area contributed by atoms with Gasteiger partial charge in [0.05, 0.1) is 19.1 Å². The summed E-state index contributed by atoms with van der Waals surface area (Å²) in [7, 11) is -2.25. The maximum Gasteiger partial charge on any atom is 0.244 e. The number of hydrogen-bond acceptors (Lipinski definition) is 5. The third-order valence-corrected chi connectivity index (χ3v) is 8.09. The highest BCUT2D eigenvalue weighted by Gasteiger charge is 2.31. The van der Waals surface area contributed by atoms with Gasteiger partial charge in [-0.25, -0.2) is 8.42 Å². The third-order valence-electron chi connectivity index (χ3n) is 6.42. The summed E-state index contributed by atoms with van der Waals surface area (Å²) in [4.78, 5) is 28.2. The fourth-order valence-electron chi connectivity index (χ4n) is 4.30. The molecule has 2 aromatic carbocycles. The van der Waals surface area contributed by atoms with E-state index in [1.54, 1.807) is 31.2 Å². The number of nitrogens with zero attached hydrogens (tertiary/aromatic N) is 2. The quantitative estimate of drug-likeness (QED) is 0.457. The van der Waals surface area contributed by atoms with Gasteiger partial charge in [-0.2, -0.15) is 0 Å². The van der Waals surface area contributed by atoms with Crippen LogP contribution in [0.4, 0.5) is 5.69 Å². The molecule has 10 heteroatoms. The van der Waals surface area contributed by atoms with Crippen molar-refractivity contribution in [3.05, 3.63) is 58.6 Å². The van der Waals surface area contributed by atoms with Crippen molar-refractivity contribution in [2.24, 2.45) is 0 Å². The monoisotopic (exact) mass is 579 g/mol. The van der Waals surface area contributed by atoms with Crippen LogP contribution in [0, 0.1) is 0 Å². The van der Waals surface area contributed by atoms with Gasteiger partial charge in [0.15, 0.2) is 0 Å². The molecule has 0 aromatic heterocycles. The van der Waals surface area contributed by atoms with Gasteiger partial charge in [-0.05, 0) is 61.7 Å². The Morgan fingerprint density at radius 1 is 1.06 bits per heavy atom. The number of nitrogens with one attached hydrogen (secondary N) is 1. The highest BCUT2D eigenvalue weighted by atomic mass is 79.9. The molecule has 0 unspecified atom stereocenters. The smallest absolute Gasteiger partial charge is 0.244 e. The van der Waals surface area contributed by atoms with Crippen LogP contribution in [0.15, 0.2) is 53.0 Å². The van der Waals surface area contributed by atoms with E-state index in [0.29, 0.717) is 11.4 Å². The molecule has 8 nitrogen and oxygen atoms in total. The predicted molar refractivity (Wildman–Crippen MR) is 144 cm³/mol. The first kappa shape index (κ1) is 28.0. The lowest BCUT2D eigenvalue weighted by Gasteiger charge is -2.33. The van der Waals surface area contributed by atoms with Crippen LogP contribution >= 0.6 is 15.9 Å². The van der Waals surface area contributed by atoms with Gasteiger partial charge in [-0.1, -0.05) is 47.3 Å². The summed E-state index contributed by atoms with van der Waals surface area (Å²) in [5.74, 6) is -0.128. The molecule has 2 amide bonds. The summed E-state index contributed by atoms with van der Waals surface area (Å²) >= 11 is 3.41. The number of hydrogen-bond donors (Lipinski definition) is 1. The molecule has 1 N–H and O–H groups in total. The Morgan fingerprint density at radius 2 is 1.67 bits per heavy atom. The number of amides is 2. The first-order chi connectivity index (χ1) is 17.1. The number of carbonyl (C=O) groups excluding carboxylic acids is 2. The van der Waals surface area contributed by atoms with Crippen LogP contribution < -0.4 is 14.4 Å². The van der Waals surface area contributed by atoms with E-state index in [4.69, 9.17) is 4.74 Å². The number of anilines is 1. The zero-order valence-corrected chi connectivity index (χ0v) is 23.3. The Hall–Kier alpha value is -2.59. The first-order valence-corrected chi connectivity index (χ1v) is 14.7. The molecule has 1 aliphatic rings. The van der Waals surface area contributed by atoms with Crippen LogP contribution in [0.25, 0.3) is 0 Å². The number of benzene rings is 2. The normalized spacial score (nSPS) is 15.1. The average Bonchev–Trinajstić information content (AvgIpc) is 2.86. The number of ether oxygens (including phenoxy) is 1. The maximum atomic E-state index is 13.6. The van der Waals surface area contributed by atoms with E-state index < -0.39 is 28.5 Å². The van der Waals surface area contributed by atoms with Gasteiger partial charge >= 0.3 is 0 Å². The minimum absolute atomic E-state index is 0.102. The minimum Gasteiger partial charge on any atom is -0.497 e. The molecular weight excluding hydrogens is 546 g/mol. The van der Waals surface area contributed by atoms with Crippen molar-refractivity contribution in [2.45, 2.75) is 57.7 Å². The summed E-state index contributed by atoms with van der Waals surface area (Å²) in [6.07, 6.45) is 6.24. The van der Waals surface area contributed by atoms with Gasteiger partial charge in [0, 0.05) is 17.1 Å². The topological polar surface area (TPSA) is 96.0 Å². The van der Waals surface area contributed by atoms with Crippen LogP contribution in [0.1, 0.15) is 44.6 Å². The fraction of sp³-hybridized carbons (Fsp3) is 0.462. The molecule has 0 spiro atoms. The van der Waals surface area contributed by atoms with Gasteiger partial charge in [-0.3, -0.25) is 13.9 Å². The van der Waals surface area contributed by atoms with Crippen molar-refractivity contribution in [3.63, 3.8) is 0 Å². The van der Waals surface area contributed by atoms with Crippen LogP contribution in [0.5, 0.6) is 5.75 Å². The molecule has 0 bridgehead atoms. The summed E-state index contributed by atoms with van der Waals surface area (Å²) in [5.41, 5.74) is 1.17. The molecule has 0 saturated heterocycles. The van der Waals surface area contributed by atoms with E-state index in [0.717, 1.165) is 46.3 Å². The Balaban J connectivity index is 1.85. The third kappa shape index (κ3) is 7.70. The molecule has 0 radical (unpaired) electrons. The Kier molecular flexibility index (Phi) is 9.78. The molecule has 1 atom stereocenters. The lowest BCUT2D eigenvalue weighted by Crippen LogP contribution is -2.52. The summed E-state index contributed by atoms with van der Waals surface area (Å²) < 4.78 is 32.4. The second kappa shape index (κ2) is 12.6. The van der Waals surface area contributed by atoms with Crippen LogP contribution in [0.2, 0.25) is 0 Å². The molecule has 1 fully saturated rings. The second-order valence-electron chi connectivity index (χ2n) is 9.14. The second-order valence-corrected chi connectivity index (χ2v) is 12.0. The van der Waals surface area contributed by atoms with Crippen LogP contribution in [0.3, 0.4) is 0 Å². The van der Waals surface area contributed by atoms with E-state index in [2.05, 4.69) is 21.2 Å². The SMILES string of the molecule is COc1ccc(N(CC(=O)N(Cc2ccc(Br)cc2)[C@@H](C)C(=O)NC2CCCCC2)S(C)(=O)=O)cc1. The van der Waals surface area contributed by atoms with E-state index in [9.17, 15) is 18.0 Å². The van der Waals surface area contributed by atoms with Crippen molar-refractivity contribution in [1.29, 1.82) is 0 Å². The number of methoxy groups -OCH3 is 1. The van der Waals surface area contributed by atoms with E-state index in [1.165, 1.54) is 18.4 Å². The molecule has 0 aliphatic heterocycles. The molecule has 36 heavy (non-hydrogen) atoms. The lowest BCUT2D eigenvalue weighted by atomic mass is 9.95. The Morgan fingerprint density at radius 3 is 2.22 bits per heavy atom. The van der Waals surface area contributed by atoms with Crippen molar-refractivity contribution < 1.29 is 22.7 Å². The van der Waals surface area contributed by atoms with Crippen molar-refractivity contribution in [3.8, 4) is 5.75 Å². The zero-order chi connectivity index (χ0) is 26.3. The minimum atomic E-state index is -3.77. The van der Waals surface area contributed by atoms with E-state index in [-0.39, 0.29) is 18.5 Å². The van der Waals surface area contributed by atoms with Crippen LogP contribution in [-0.2, 0) is 26.2 Å². The molecule has 1 aliphatic carbocycles. The lowest BCUT2D eigenvalue weighted by molar-refractivity contribution is -0.139. The van der Waals surface area contributed by atoms with Gasteiger partial charge in [0.25, 0.3) is 0 Å². The van der Waals surface area contributed by atoms with Gasteiger partial charge < -0.3 is 15.0 Å². The predicted octanol–water partition coefficient (Wildman–Crippen LogP) is 4.09.